The summed E-state index contributed by atoms with van der Waals surface area (Å²) in [5.41, 5.74) is 3.85. The predicted octanol–water partition coefficient (Wildman–Crippen LogP) is 5.53. The molecule has 3 aliphatic rings. The van der Waals surface area contributed by atoms with Crippen LogP contribution in [0.5, 0.6) is 5.75 Å². The maximum absolute atomic E-state index is 14.1. The fraction of sp³-hybridized carbons (Fsp3) is 0.439. The first-order chi connectivity index (χ1) is 28.1. The number of urea groups is 1. The van der Waals surface area contributed by atoms with Crippen LogP contribution in [0.4, 0.5) is 29.3 Å². The number of imide groups is 1. The lowest BCUT2D eigenvalue weighted by molar-refractivity contribution is -0.120. The Bertz CT molecular complexity index is 2330. The number of carbonyl (C=O) groups excluding carboxylic acids is 3. The Morgan fingerprint density at radius 1 is 0.983 bits per heavy atom. The third kappa shape index (κ3) is 8.45. The molecule has 4 amide bonds. The first-order valence-corrected chi connectivity index (χ1v) is 19.9. The Morgan fingerprint density at radius 3 is 2.66 bits per heavy atom. The van der Waals surface area contributed by atoms with Crippen LogP contribution in [-0.4, -0.2) is 99.9 Å². The van der Waals surface area contributed by atoms with Crippen LogP contribution in [0.1, 0.15) is 66.9 Å². The summed E-state index contributed by atoms with van der Waals surface area (Å²) in [7, 11) is 0. The second-order valence-electron chi connectivity index (χ2n) is 15.4. The highest BCUT2D eigenvalue weighted by Crippen LogP contribution is 2.34. The van der Waals surface area contributed by atoms with Gasteiger partial charge in [-0.3, -0.25) is 24.5 Å². The number of carbonyl (C=O) groups is 3. The summed E-state index contributed by atoms with van der Waals surface area (Å²) in [6, 6.07) is 10.6. The molecule has 2 aliphatic heterocycles. The number of halogens is 3. The van der Waals surface area contributed by atoms with Gasteiger partial charge in [-0.05, 0) is 99.8 Å². The number of amides is 4. The van der Waals surface area contributed by atoms with Gasteiger partial charge in [-0.15, -0.1) is 0 Å². The standard InChI is InChI=1S/C41H46F3N9O5/c42-32-20-31(37(43)38(44)39(32)55)40(56)45-21-26-4-8-29(9-5-26)52-24-28-7-10-30(19-33(28)48-52)50-15-2-14-49(17-18-58-25-50)13-1-3-27-6-11-34-35(22-46-53(34)23-27)51-16-12-36(54)47-41(51)57/h6-7,10-11,19-20,22-24,26,29,55H,1-5,8-9,12-18,21,25H2,(H,45,56)(H,47,54,57). The average molecular weight is 802 g/mol. The van der Waals surface area contributed by atoms with Crippen LogP contribution in [0.25, 0.3) is 16.4 Å². The molecule has 5 aromatic rings. The summed E-state index contributed by atoms with van der Waals surface area (Å²) in [4.78, 5) is 42.7. The van der Waals surface area contributed by atoms with E-state index in [0.717, 1.165) is 98.8 Å². The van der Waals surface area contributed by atoms with Gasteiger partial charge in [-0.25, -0.2) is 18.1 Å². The van der Waals surface area contributed by atoms with Crippen LogP contribution < -0.4 is 20.4 Å². The van der Waals surface area contributed by atoms with E-state index in [9.17, 15) is 32.7 Å². The van der Waals surface area contributed by atoms with Gasteiger partial charge < -0.3 is 25.0 Å². The number of hydrogen-bond donors (Lipinski definition) is 3. The summed E-state index contributed by atoms with van der Waals surface area (Å²) >= 11 is 0. The minimum Gasteiger partial charge on any atom is -0.503 e. The zero-order valence-electron chi connectivity index (χ0n) is 32.0. The number of nitrogens with one attached hydrogen (secondary N) is 2. The number of nitrogens with zero attached hydrogens (tertiary/aromatic N) is 7. The van der Waals surface area contributed by atoms with E-state index in [-0.39, 0.29) is 30.8 Å². The maximum Gasteiger partial charge on any atom is 0.328 e. The van der Waals surface area contributed by atoms with Gasteiger partial charge in [-0.1, -0.05) is 6.07 Å². The van der Waals surface area contributed by atoms with Crippen molar-refractivity contribution in [3.8, 4) is 5.75 Å². The van der Waals surface area contributed by atoms with Gasteiger partial charge in [0.05, 0.1) is 41.1 Å². The zero-order chi connectivity index (χ0) is 40.3. The van der Waals surface area contributed by atoms with Crippen LogP contribution in [0.15, 0.2) is 55.0 Å². The number of phenolic OH excluding ortho intramolecular Hbond substituents is 1. The third-order valence-electron chi connectivity index (χ3n) is 11.5. The molecule has 0 radical (unpaired) electrons. The molecule has 0 unspecified atom stereocenters. The van der Waals surface area contributed by atoms with Crippen molar-refractivity contribution in [3.05, 3.63) is 83.6 Å². The van der Waals surface area contributed by atoms with Crippen LogP contribution in [0.2, 0.25) is 0 Å². The molecular weight excluding hydrogens is 756 g/mol. The molecule has 0 atom stereocenters. The number of aromatic hydroxyl groups is 1. The third-order valence-corrected chi connectivity index (χ3v) is 11.5. The number of anilines is 2. The fourth-order valence-electron chi connectivity index (χ4n) is 8.23. The van der Waals surface area contributed by atoms with Crippen molar-refractivity contribution in [2.75, 3.05) is 62.4 Å². The number of pyridine rings is 1. The van der Waals surface area contributed by atoms with Gasteiger partial charge >= 0.3 is 6.03 Å². The molecule has 5 heterocycles. The fourth-order valence-corrected chi connectivity index (χ4v) is 8.23. The van der Waals surface area contributed by atoms with Gasteiger partial charge in [0.2, 0.25) is 11.7 Å². The molecule has 14 nitrogen and oxygen atoms in total. The summed E-state index contributed by atoms with van der Waals surface area (Å²) in [5, 5.41) is 24.7. The summed E-state index contributed by atoms with van der Waals surface area (Å²) < 4.78 is 51.6. The lowest BCUT2D eigenvalue weighted by atomic mass is 9.86. The number of rotatable bonds is 10. The molecule has 3 fully saturated rings. The van der Waals surface area contributed by atoms with Crippen molar-refractivity contribution in [1.29, 1.82) is 0 Å². The number of hydrogen-bond acceptors (Lipinski definition) is 9. The summed E-state index contributed by atoms with van der Waals surface area (Å²) in [6.45, 7) is 5.28. The minimum atomic E-state index is -1.78. The Hall–Kier alpha value is -5.68. The molecule has 8 rings (SSSR count). The van der Waals surface area contributed by atoms with Gasteiger partial charge in [0.1, 0.15) is 6.73 Å². The summed E-state index contributed by atoms with van der Waals surface area (Å²) in [6.07, 6.45) is 12.1. The first kappa shape index (κ1) is 39.2. The minimum absolute atomic E-state index is 0.124. The second-order valence-corrected chi connectivity index (χ2v) is 15.4. The van der Waals surface area contributed by atoms with E-state index in [4.69, 9.17) is 9.84 Å². The Morgan fingerprint density at radius 2 is 1.83 bits per heavy atom. The Labute approximate surface area is 332 Å². The number of ether oxygens (including phenoxy) is 1. The molecule has 2 saturated heterocycles. The molecule has 17 heteroatoms. The molecule has 1 aliphatic carbocycles. The van der Waals surface area contributed by atoms with Gasteiger partial charge in [0.15, 0.2) is 17.4 Å². The number of fused-ring (bicyclic) bond motifs is 2. The number of benzene rings is 2. The van der Waals surface area contributed by atoms with Crippen molar-refractivity contribution in [3.63, 3.8) is 0 Å². The molecule has 0 spiro atoms. The lowest BCUT2D eigenvalue weighted by Gasteiger charge is -2.28. The van der Waals surface area contributed by atoms with E-state index >= 15 is 0 Å². The van der Waals surface area contributed by atoms with Crippen LogP contribution in [-0.2, 0) is 16.0 Å². The topological polar surface area (TPSA) is 150 Å². The summed E-state index contributed by atoms with van der Waals surface area (Å²) in [5.74, 6) is -7.26. The normalized spacial score (nSPS) is 19.9. The highest BCUT2D eigenvalue weighted by Gasteiger charge is 2.28. The molecule has 3 N–H and O–H groups in total. The Kier molecular flexibility index (Phi) is 11.5. The van der Waals surface area contributed by atoms with Crippen molar-refractivity contribution >= 4 is 45.6 Å². The highest BCUT2D eigenvalue weighted by molar-refractivity contribution is 6.07. The van der Waals surface area contributed by atoms with Crippen molar-refractivity contribution in [2.24, 2.45) is 5.92 Å². The smallest absolute Gasteiger partial charge is 0.328 e. The number of aromatic nitrogens is 4. The number of aryl methyl sites for hydroxylation is 1. The van der Waals surface area contributed by atoms with Crippen molar-refractivity contribution < 1.29 is 37.4 Å². The molecule has 0 bridgehead atoms. The van der Waals surface area contributed by atoms with E-state index in [1.165, 1.54) is 0 Å². The highest BCUT2D eigenvalue weighted by atomic mass is 19.2. The number of phenols is 1. The molecule has 3 aromatic heterocycles. The maximum atomic E-state index is 14.1. The average Bonchev–Trinajstić information content (AvgIpc) is 3.87. The quantitative estimate of drug-likeness (QED) is 0.155. The van der Waals surface area contributed by atoms with Crippen LogP contribution in [0, 0.1) is 23.4 Å². The molecule has 306 valence electrons. The molecular formula is C41H46F3N9O5. The van der Waals surface area contributed by atoms with Gasteiger partial charge in [0, 0.05) is 56.1 Å². The lowest BCUT2D eigenvalue weighted by Crippen LogP contribution is -2.49. The molecule has 58 heavy (non-hydrogen) atoms. The van der Waals surface area contributed by atoms with Gasteiger partial charge in [0.25, 0.3) is 5.91 Å². The Balaban J connectivity index is 0.795. The zero-order valence-corrected chi connectivity index (χ0v) is 32.0. The van der Waals surface area contributed by atoms with E-state index in [0.29, 0.717) is 31.6 Å². The van der Waals surface area contributed by atoms with Gasteiger partial charge in [-0.2, -0.15) is 14.6 Å². The first-order valence-electron chi connectivity index (χ1n) is 19.9. The second kappa shape index (κ2) is 17.0. The van der Waals surface area contributed by atoms with E-state index in [1.54, 1.807) is 15.6 Å². The van der Waals surface area contributed by atoms with E-state index in [1.807, 2.05) is 16.9 Å². The predicted molar refractivity (Wildman–Crippen MR) is 209 cm³/mol. The molecule has 2 aromatic carbocycles. The largest absolute Gasteiger partial charge is 0.503 e. The van der Waals surface area contributed by atoms with Crippen molar-refractivity contribution in [1.82, 2.24) is 34.9 Å². The van der Waals surface area contributed by atoms with Crippen LogP contribution >= 0.6 is 0 Å². The molecule has 1 saturated carbocycles. The van der Waals surface area contributed by atoms with E-state index in [2.05, 4.69) is 56.0 Å². The van der Waals surface area contributed by atoms with E-state index < -0.39 is 40.7 Å². The monoisotopic (exact) mass is 801 g/mol. The van der Waals surface area contributed by atoms with Crippen LogP contribution in [0.3, 0.4) is 0 Å². The van der Waals surface area contributed by atoms with Crippen molar-refractivity contribution in [2.45, 2.75) is 57.4 Å². The SMILES string of the molecule is O=C1CCN(c2cnn3cc(CCCN4CCCN(c5ccc6cn(C7CCC(CNC(=O)c8cc(F)c(O)c(F)c8F)CC7)nc6c5)COCC4)ccc23)C(=O)N1.